The standard InChI is InChI=1S/C108H70N8S2/c1-107(2)89-28-13-8-23-77(89)78-53-46-73(61-91(78)107)105-112-104(69-43-50-76(51-44-69)116-94-30-15-10-25-82(94)86-56-58-88-84-27-12-17-32-96(84)118-100(88)98(86)116)113-106(114-105)74-47-54-80-79-52-45-72(60-90(79)108(3,4)92(80)62-74)71-22-18-21-70(59-71)65-35-39-67(40-36-65)102-109-101(66-37-33-64(34-38-66)63-19-6-5-7-20-63)110-103(111-102)68-41-48-75(49-42-68)115-93-29-14-9-24-81(93)85-55-57-87-83-26-11-16-31-95(83)117-99(87)97(85)115/h5-62H,1-4H3. The maximum atomic E-state index is 5.46. The number of para-hydroxylation sites is 2. The predicted molar refractivity (Wildman–Crippen MR) is 492 cm³/mol. The molecular formula is C108H70N8S2. The Morgan fingerprint density at radius 1 is 0.212 bits per heavy atom. The van der Waals surface area contributed by atoms with Crippen molar-refractivity contribution >= 4 is 107 Å². The molecule has 0 atom stereocenters. The fourth-order valence-electron chi connectivity index (χ4n) is 19.1. The maximum Gasteiger partial charge on any atom is 0.164 e. The molecule has 24 rings (SSSR count). The van der Waals surface area contributed by atoms with Crippen molar-refractivity contribution in [3.05, 3.63) is 374 Å². The van der Waals surface area contributed by atoms with E-state index in [1.165, 1.54) is 128 Å². The lowest BCUT2D eigenvalue weighted by Crippen LogP contribution is -2.15. The van der Waals surface area contributed by atoms with Gasteiger partial charge in [-0.1, -0.05) is 282 Å². The van der Waals surface area contributed by atoms with Crippen LogP contribution >= 0.6 is 22.7 Å². The summed E-state index contributed by atoms with van der Waals surface area (Å²) in [7, 11) is 0. The van der Waals surface area contributed by atoms with Crippen LogP contribution in [-0.2, 0) is 10.8 Å². The van der Waals surface area contributed by atoms with Crippen molar-refractivity contribution in [2.75, 3.05) is 0 Å². The Hall–Kier alpha value is -14.4. The number of rotatable bonds is 11. The molecule has 8 nitrogen and oxygen atoms in total. The number of fused-ring (bicyclic) bond motifs is 20. The first-order valence-corrected chi connectivity index (χ1v) is 41.9. The number of benzene rings is 16. The fourth-order valence-corrected chi connectivity index (χ4v) is 21.6. The molecule has 0 spiro atoms. The van der Waals surface area contributed by atoms with Gasteiger partial charge in [0, 0.05) is 108 Å². The van der Waals surface area contributed by atoms with Gasteiger partial charge < -0.3 is 9.13 Å². The predicted octanol–water partition coefficient (Wildman–Crippen LogP) is 28.6. The average Bonchev–Trinajstić information content (AvgIpc) is 1.61. The van der Waals surface area contributed by atoms with Crippen molar-refractivity contribution in [2.24, 2.45) is 0 Å². The molecule has 0 fully saturated rings. The summed E-state index contributed by atoms with van der Waals surface area (Å²) in [5, 5.41) is 10.1. The van der Waals surface area contributed by atoms with Crippen LogP contribution in [0.2, 0.25) is 0 Å². The summed E-state index contributed by atoms with van der Waals surface area (Å²) in [6.07, 6.45) is 0. The van der Waals surface area contributed by atoms with Crippen LogP contribution in [0.1, 0.15) is 49.9 Å². The second kappa shape index (κ2) is 26.0. The Labute approximate surface area is 688 Å². The summed E-state index contributed by atoms with van der Waals surface area (Å²) in [4.78, 5) is 32.1. The normalized spacial score (nSPS) is 13.2. The van der Waals surface area contributed by atoms with E-state index in [9.17, 15) is 0 Å². The van der Waals surface area contributed by atoms with Gasteiger partial charge in [-0.2, -0.15) is 0 Å². The van der Waals surface area contributed by atoms with E-state index in [4.69, 9.17) is 29.9 Å². The maximum absolute atomic E-state index is 5.46. The van der Waals surface area contributed by atoms with E-state index < -0.39 is 0 Å². The van der Waals surface area contributed by atoms with Gasteiger partial charge in [0.1, 0.15) is 0 Å². The highest BCUT2D eigenvalue weighted by molar-refractivity contribution is 7.27. The van der Waals surface area contributed by atoms with Gasteiger partial charge in [-0.15, -0.1) is 22.7 Å². The fraction of sp³-hybridized carbons (Fsp3) is 0.0556. The molecule has 0 aliphatic heterocycles. The first-order chi connectivity index (χ1) is 57.9. The van der Waals surface area contributed by atoms with Crippen molar-refractivity contribution in [3.63, 3.8) is 0 Å². The van der Waals surface area contributed by atoms with Gasteiger partial charge in [0.25, 0.3) is 0 Å². The first kappa shape index (κ1) is 68.0. The molecule has 0 unspecified atom stereocenters. The van der Waals surface area contributed by atoms with Crippen LogP contribution in [0.5, 0.6) is 0 Å². The molecule has 0 radical (unpaired) electrons. The lowest BCUT2D eigenvalue weighted by atomic mass is 9.81. The second-order valence-electron chi connectivity index (χ2n) is 32.5. The average molecular weight is 1540 g/mol. The Morgan fingerprint density at radius 3 is 0.992 bits per heavy atom. The quantitative estimate of drug-likeness (QED) is 0.128. The molecule has 0 saturated carbocycles. The van der Waals surface area contributed by atoms with Gasteiger partial charge in [-0.05, 0) is 175 Å². The van der Waals surface area contributed by atoms with Crippen LogP contribution < -0.4 is 0 Å². The zero-order chi connectivity index (χ0) is 78.2. The number of aromatic nitrogens is 8. The molecular weight excluding hydrogens is 1470 g/mol. The molecule has 554 valence electrons. The molecule has 10 heteroatoms. The van der Waals surface area contributed by atoms with Gasteiger partial charge >= 0.3 is 0 Å². The van der Waals surface area contributed by atoms with Gasteiger partial charge in [0.2, 0.25) is 0 Å². The number of nitrogens with zero attached hydrogens (tertiary/aromatic N) is 8. The third-order valence-corrected chi connectivity index (χ3v) is 27.5. The van der Waals surface area contributed by atoms with Crippen molar-refractivity contribution in [3.8, 4) is 135 Å². The van der Waals surface area contributed by atoms with E-state index in [1.807, 2.05) is 28.7 Å². The summed E-state index contributed by atoms with van der Waals surface area (Å²) in [5.41, 5.74) is 28.7. The van der Waals surface area contributed by atoms with E-state index in [1.54, 1.807) is 0 Å². The lowest BCUT2D eigenvalue weighted by Gasteiger charge is -2.23. The Kier molecular flexibility index (Phi) is 15.0. The highest BCUT2D eigenvalue weighted by atomic mass is 32.1. The molecule has 0 amide bonds. The summed E-state index contributed by atoms with van der Waals surface area (Å²) in [5.74, 6) is 3.68. The van der Waals surface area contributed by atoms with Gasteiger partial charge in [-0.3, -0.25) is 0 Å². The molecule has 0 bridgehead atoms. The summed E-state index contributed by atoms with van der Waals surface area (Å²) >= 11 is 3.73. The zero-order valence-electron chi connectivity index (χ0n) is 64.9. The van der Waals surface area contributed by atoms with E-state index in [2.05, 4.69) is 383 Å². The largest absolute Gasteiger partial charge is 0.308 e. The van der Waals surface area contributed by atoms with Gasteiger partial charge in [-0.25, -0.2) is 29.9 Å². The Bertz CT molecular complexity index is 7960. The highest BCUT2D eigenvalue weighted by Crippen LogP contribution is 2.54. The van der Waals surface area contributed by atoms with E-state index in [0.717, 1.165) is 78.1 Å². The minimum Gasteiger partial charge on any atom is -0.308 e. The lowest BCUT2D eigenvalue weighted by molar-refractivity contribution is 0.660. The highest BCUT2D eigenvalue weighted by Gasteiger charge is 2.38. The topological polar surface area (TPSA) is 87.2 Å². The number of hydrogen-bond donors (Lipinski definition) is 0. The Morgan fingerprint density at radius 2 is 0.517 bits per heavy atom. The van der Waals surface area contributed by atoms with E-state index in [-0.39, 0.29) is 10.8 Å². The molecule has 2 aliphatic carbocycles. The minimum absolute atomic E-state index is 0.209. The molecule has 22 aromatic rings. The molecule has 118 heavy (non-hydrogen) atoms. The third-order valence-electron chi connectivity index (χ3n) is 25.1. The smallest absolute Gasteiger partial charge is 0.164 e. The van der Waals surface area contributed by atoms with Crippen LogP contribution in [0.3, 0.4) is 0 Å². The van der Waals surface area contributed by atoms with Crippen LogP contribution in [0.4, 0.5) is 0 Å². The van der Waals surface area contributed by atoms with Crippen molar-refractivity contribution in [2.45, 2.75) is 38.5 Å². The molecule has 6 heterocycles. The number of thiophene rings is 2. The molecule has 16 aromatic carbocycles. The monoisotopic (exact) mass is 1540 g/mol. The minimum atomic E-state index is -0.363. The third kappa shape index (κ3) is 10.6. The van der Waals surface area contributed by atoms with Crippen LogP contribution in [0.15, 0.2) is 352 Å². The molecule has 0 saturated heterocycles. The molecule has 2 aliphatic rings. The van der Waals surface area contributed by atoms with Crippen molar-refractivity contribution in [1.82, 2.24) is 39.0 Å². The first-order valence-electron chi connectivity index (χ1n) is 40.3. The van der Waals surface area contributed by atoms with Crippen LogP contribution in [0.25, 0.3) is 219 Å². The number of hydrogen-bond acceptors (Lipinski definition) is 8. The summed E-state index contributed by atoms with van der Waals surface area (Å²) < 4.78 is 10.0. The summed E-state index contributed by atoms with van der Waals surface area (Å²) in [6, 6.07) is 128. The van der Waals surface area contributed by atoms with Crippen LogP contribution in [0, 0.1) is 0 Å². The van der Waals surface area contributed by atoms with E-state index >= 15 is 0 Å². The zero-order valence-corrected chi connectivity index (χ0v) is 66.5. The molecule has 6 aromatic heterocycles. The molecule has 0 N–H and O–H groups in total. The summed E-state index contributed by atoms with van der Waals surface area (Å²) in [6.45, 7) is 9.37. The van der Waals surface area contributed by atoms with E-state index in [0.29, 0.717) is 34.9 Å². The van der Waals surface area contributed by atoms with Crippen molar-refractivity contribution < 1.29 is 0 Å². The van der Waals surface area contributed by atoms with Gasteiger partial charge in [0.05, 0.1) is 31.5 Å². The Balaban J connectivity index is 0.552. The second-order valence-corrected chi connectivity index (χ2v) is 34.6. The SMILES string of the molecule is CC1(C)c2ccccc2-c2ccc(-c3nc(-c4ccc(-n5c6ccccc6c6ccc7c8ccccc8sc7c65)cc4)nc(-c4ccc5c(c4)C(C)(C)c4cc(-c6cccc(-c7ccc(-c8nc(-c9ccc(-c%10ccccc%10)cc9)nc(-c9ccc(-n%10c%11ccccc%11c%11ccc%12c%13ccccc%13sc%12c%11%10)cc9)n8)cc7)c6)ccc4-5)n3)cc21. The van der Waals surface area contributed by atoms with Crippen molar-refractivity contribution in [1.29, 1.82) is 0 Å². The van der Waals surface area contributed by atoms with Gasteiger partial charge in [0.15, 0.2) is 34.9 Å². The van der Waals surface area contributed by atoms with Crippen LogP contribution in [-0.4, -0.2) is 39.0 Å².